The Bertz CT molecular complexity index is 769. The largest absolute Gasteiger partial charge is 0.369 e. The minimum absolute atomic E-state index is 0.229. The lowest BCUT2D eigenvalue weighted by Crippen LogP contribution is -2.28. The fourth-order valence-corrected chi connectivity index (χ4v) is 2.54. The standard InChI is InChI=1S/C17H19ClN6/c1-12-11-15(24-9-3-2-4-10-24)22-17(20-12)23-16(19)21-14-7-5-13(18)6-8-14/h2-3,5-8,11H,4,9-10H2,1H3,(H3,19,20,21,22,23). The SMILES string of the molecule is Cc1cc(N2CC=CCC2)nc(/N=C(\N)Nc2ccc(Cl)cc2)n1. The smallest absolute Gasteiger partial charge is 0.254 e. The second-order valence-corrected chi connectivity index (χ2v) is 5.94. The predicted molar refractivity (Wildman–Crippen MR) is 99.1 cm³/mol. The Morgan fingerprint density at radius 2 is 2.04 bits per heavy atom. The van der Waals surface area contributed by atoms with Crippen molar-refractivity contribution in [2.45, 2.75) is 13.3 Å². The zero-order valence-corrected chi connectivity index (χ0v) is 14.2. The molecule has 1 aliphatic rings. The summed E-state index contributed by atoms with van der Waals surface area (Å²) in [5, 5.41) is 3.67. The molecule has 3 N–H and O–H groups in total. The highest BCUT2D eigenvalue weighted by Gasteiger charge is 2.11. The van der Waals surface area contributed by atoms with Crippen LogP contribution in [0.15, 0.2) is 47.5 Å². The molecule has 0 radical (unpaired) electrons. The molecule has 0 amide bonds. The molecule has 1 aromatic heterocycles. The van der Waals surface area contributed by atoms with E-state index >= 15 is 0 Å². The zero-order chi connectivity index (χ0) is 16.9. The Kier molecular flexibility index (Phi) is 4.96. The molecule has 24 heavy (non-hydrogen) atoms. The second-order valence-electron chi connectivity index (χ2n) is 5.50. The quantitative estimate of drug-likeness (QED) is 0.508. The number of aryl methyl sites for hydroxylation is 1. The van der Waals surface area contributed by atoms with Crippen molar-refractivity contribution in [2.24, 2.45) is 10.7 Å². The summed E-state index contributed by atoms with van der Waals surface area (Å²) >= 11 is 5.87. The molecule has 0 unspecified atom stereocenters. The van der Waals surface area contributed by atoms with Gasteiger partial charge in [-0.15, -0.1) is 0 Å². The van der Waals surface area contributed by atoms with E-state index in [0.717, 1.165) is 36.7 Å². The molecule has 0 spiro atoms. The second kappa shape index (κ2) is 7.31. The first-order valence-corrected chi connectivity index (χ1v) is 8.10. The van der Waals surface area contributed by atoms with Crippen molar-refractivity contribution in [3.63, 3.8) is 0 Å². The number of anilines is 2. The number of guanidine groups is 1. The molecule has 0 atom stereocenters. The van der Waals surface area contributed by atoms with E-state index in [4.69, 9.17) is 17.3 Å². The lowest BCUT2D eigenvalue weighted by Gasteiger charge is -2.24. The predicted octanol–water partition coefficient (Wildman–Crippen LogP) is 3.26. The average molecular weight is 343 g/mol. The summed E-state index contributed by atoms with van der Waals surface area (Å²) in [6, 6.07) is 9.17. The van der Waals surface area contributed by atoms with Gasteiger partial charge in [-0.1, -0.05) is 23.8 Å². The number of nitrogens with zero attached hydrogens (tertiary/aromatic N) is 4. The topological polar surface area (TPSA) is 79.4 Å². The molecule has 2 heterocycles. The third-order valence-corrected chi connectivity index (χ3v) is 3.80. The third kappa shape index (κ3) is 4.23. The van der Waals surface area contributed by atoms with Gasteiger partial charge in [0.1, 0.15) is 5.82 Å². The molecule has 124 valence electrons. The third-order valence-electron chi connectivity index (χ3n) is 3.55. The van der Waals surface area contributed by atoms with Crippen LogP contribution in [-0.2, 0) is 0 Å². The Balaban J connectivity index is 1.79. The zero-order valence-electron chi connectivity index (χ0n) is 13.4. The molecule has 0 saturated heterocycles. The van der Waals surface area contributed by atoms with E-state index in [2.05, 4.69) is 37.3 Å². The molecule has 0 fully saturated rings. The van der Waals surface area contributed by atoms with Crippen LogP contribution in [-0.4, -0.2) is 29.0 Å². The Morgan fingerprint density at radius 1 is 1.25 bits per heavy atom. The maximum absolute atomic E-state index is 5.96. The van der Waals surface area contributed by atoms with Gasteiger partial charge in [-0.3, -0.25) is 0 Å². The lowest BCUT2D eigenvalue weighted by molar-refractivity contribution is 0.801. The van der Waals surface area contributed by atoms with Crippen LogP contribution < -0.4 is 16.0 Å². The summed E-state index contributed by atoms with van der Waals surface area (Å²) in [7, 11) is 0. The molecule has 6 nitrogen and oxygen atoms in total. The van der Waals surface area contributed by atoms with Gasteiger partial charge in [0.15, 0.2) is 0 Å². The van der Waals surface area contributed by atoms with E-state index in [1.807, 2.05) is 25.1 Å². The van der Waals surface area contributed by atoms with Crippen LogP contribution in [0.5, 0.6) is 0 Å². The van der Waals surface area contributed by atoms with Crippen LogP contribution in [0.4, 0.5) is 17.5 Å². The highest BCUT2D eigenvalue weighted by molar-refractivity contribution is 6.30. The van der Waals surface area contributed by atoms with E-state index in [1.165, 1.54) is 0 Å². The lowest BCUT2D eigenvalue weighted by atomic mass is 10.2. The molecular weight excluding hydrogens is 324 g/mol. The number of aliphatic imine (C=N–C) groups is 1. The number of halogens is 1. The maximum atomic E-state index is 5.96. The van der Waals surface area contributed by atoms with Crippen LogP contribution >= 0.6 is 11.6 Å². The molecule has 2 aromatic rings. The fourth-order valence-electron chi connectivity index (χ4n) is 2.41. The van der Waals surface area contributed by atoms with Crippen molar-refractivity contribution in [1.82, 2.24) is 9.97 Å². The summed E-state index contributed by atoms with van der Waals surface area (Å²) in [4.78, 5) is 15.3. The van der Waals surface area contributed by atoms with Crippen LogP contribution in [0.25, 0.3) is 0 Å². The van der Waals surface area contributed by atoms with Gasteiger partial charge in [-0.25, -0.2) is 4.98 Å². The van der Waals surface area contributed by atoms with Crippen molar-refractivity contribution in [3.8, 4) is 0 Å². The van der Waals surface area contributed by atoms with E-state index in [1.54, 1.807) is 12.1 Å². The number of hydrogen-bond acceptors (Lipinski definition) is 4. The maximum Gasteiger partial charge on any atom is 0.254 e. The van der Waals surface area contributed by atoms with Gasteiger partial charge in [0.2, 0.25) is 5.96 Å². The highest BCUT2D eigenvalue weighted by Crippen LogP contribution is 2.19. The van der Waals surface area contributed by atoms with Crippen molar-refractivity contribution < 1.29 is 0 Å². The van der Waals surface area contributed by atoms with E-state index in [9.17, 15) is 0 Å². The van der Waals surface area contributed by atoms with Crippen molar-refractivity contribution >= 4 is 35.0 Å². The van der Waals surface area contributed by atoms with Crippen LogP contribution in [0, 0.1) is 6.92 Å². The molecule has 0 saturated carbocycles. The van der Waals surface area contributed by atoms with Gasteiger partial charge in [-0.05, 0) is 37.6 Å². The highest BCUT2D eigenvalue weighted by atomic mass is 35.5. The first-order valence-electron chi connectivity index (χ1n) is 7.72. The molecule has 7 heteroatoms. The van der Waals surface area contributed by atoms with Gasteiger partial charge in [-0.2, -0.15) is 9.98 Å². The average Bonchev–Trinajstić information content (AvgIpc) is 2.57. The van der Waals surface area contributed by atoms with Gasteiger partial charge in [0.25, 0.3) is 5.95 Å². The Hall–Kier alpha value is -2.60. The van der Waals surface area contributed by atoms with Gasteiger partial charge >= 0.3 is 0 Å². The minimum Gasteiger partial charge on any atom is -0.369 e. The van der Waals surface area contributed by atoms with Gasteiger partial charge in [0.05, 0.1) is 0 Å². The number of nitrogens with two attached hydrogens (primary N) is 1. The van der Waals surface area contributed by atoms with Crippen LogP contribution in [0.2, 0.25) is 5.02 Å². The Morgan fingerprint density at radius 3 is 2.75 bits per heavy atom. The van der Waals surface area contributed by atoms with Crippen molar-refractivity contribution in [3.05, 3.63) is 53.2 Å². The number of rotatable bonds is 3. The minimum atomic E-state index is 0.229. The number of hydrogen-bond donors (Lipinski definition) is 2. The monoisotopic (exact) mass is 342 g/mol. The van der Waals surface area contributed by atoms with Crippen LogP contribution in [0.3, 0.4) is 0 Å². The fraction of sp³-hybridized carbons (Fsp3) is 0.235. The normalized spacial score (nSPS) is 14.8. The summed E-state index contributed by atoms with van der Waals surface area (Å²) < 4.78 is 0. The molecule has 1 aliphatic heterocycles. The van der Waals surface area contributed by atoms with Gasteiger partial charge < -0.3 is 16.0 Å². The van der Waals surface area contributed by atoms with Crippen molar-refractivity contribution in [1.29, 1.82) is 0 Å². The number of nitrogens with one attached hydrogen (secondary N) is 1. The molecule has 0 aliphatic carbocycles. The summed E-state index contributed by atoms with van der Waals surface area (Å²) in [6.07, 6.45) is 5.33. The molecule has 3 rings (SSSR count). The number of aromatic nitrogens is 2. The molecular formula is C17H19ClN6. The van der Waals surface area contributed by atoms with E-state index in [0.29, 0.717) is 11.0 Å². The van der Waals surface area contributed by atoms with Crippen LogP contribution in [0.1, 0.15) is 12.1 Å². The Labute approximate surface area is 146 Å². The van der Waals surface area contributed by atoms with E-state index < -0.39 is 0 Å². The van der Waals surface area contributed by atoms with E-state index in [-0.39, 0.29) is 5.96 Å². The molecule has 1 aromatic carbocycles. The summed E-state index contributed by atoms with van der Waals surface area (Å²) in [6.45, 7) is 3.71. The number of benzene rings is 1. The first-order chi connectivity index (χ1) is 11.6. The molecule has 0 bridgehead atoms. The summed E-state index contributed by atoms with van der Waals surface area (Å²) in [5.74, 6) is 1.44. The summed E-state index contributed by atoms with van der Waals surface area (Å²) in [5.41, 5.74) is 7.61. The van der Waals surface area contributed by atoms with Crippen molar-refractivity contribution in [2.75, 3.05) is 23.3 Å². The first kappa shape index (κ1) is 16.3. The van der Waals surface area contributed by atoms with Gasteiger partial charge in [0, 0.05) is 35.6 Å².